The van der Waals surface area contributed by atoms with Crippen LogP contribution in [0.15, 0.2) is 27.6 Å². The molecule has 5 heteroatoms. The predicted octanol–water partition coefficient (Wildman–Crippen LogP) is 1.68. The summed E-state index contributed by atoms with van der Waals surface area (Å²) in [7, 11) is 0. The molecule has 0 atom stereocenters. The van der Waals surface area contributed by atoms with Crippen LogP contribution in [0, 0.1) is 0 Å². The number of pyridine rings is 1. The van der Waals surface area contributed by atoms with Crippen LogP contribution in [-0.2, 0) is 4.79 Å². The number of nitrogens with one attached hydrogen (secondary N) is 2. The highest BCUT2D eigenvalue weighted by Crippen LogP contribution is 2.07. The van der Waals surface area contributed by atoms with Gasteiger partial charge >= 0.3 is 0 Å². The van der Waals surface area contributed by atoms with E-state index >= 15 is 0 Å². The van der Waals surface area contributed by atoms with E-state index in [4.69, 9.17) is 0 Å². The number of hydrogen-bond acceptors (Lipinski definition) is 2. The second-order valence-corrected chi connectivity index (χ2v) is 4.19. The molecule has 2 N–H and O–H groups in total. The molecule has 1 amide bonds. The van der Waals surface area contributed by atoms with Gasteiger partial charge in [0.2, 0.25) is 5.91 Å². The summed E-state index contributed by atoms with van der Waals surface area (Å²) in [5, 5.41) is 2.67. The third-order valence-electron chi connectivity index (χ3n) is 1.88. The zero-order chi connectivity index (χ0) is 12.0. The van der Waals surface area contributed by atoms with Crippen molar-refractivity contribution in [3.63, 3.8) is 0 Å². The van der Waals surface area contributed by atoms with Crippen LogP contribution < -0.4 is 10.9 Å². The standard InChI is InChI=1S/C11H13BrN2O2/c1-8(15)13-5-3-2-4-9-6-10(12)7-14-11(9)16/h2,4,6-7H,3,5H2,1H3,(H,13,15)(H,14,16). The van der Waals surface area contributed by atoms with Crippen LogP contribution in [-0.4, -0.2) is 17.4 Å². The molecule has 0 unspecified atom stereocenters. The number of hydrogen-bond donors (Lipinski definition) is 2. The maximum absolute atomic E-state index is 11.3. The second-order valence-electron chi connectivity index (χ2n) is 3.28. The first kappa shape index (κ1) is 12.7. The van der Waals surface area contributed by atoms with E-state index in [9.17, 15) is 9.59 Å². The zero-order valence-corrected chi connectivity index (χ0v) is 10.5. The Morgan fingerprint density at radius 3 is 3.06 bits per heavy atom. The highest BCUT2D eigenvalue weighted by Gasteiger charge is 1.95. The van der Waals surface area contributed by atoms with Crippen LogP contribution in [0.25, 0.3) is 6.08 Å². The van der Waals surface area contributed by atoms with Crippen molar-refractivity contribution in [3.05, 3.63) is 38.7 Å². The molecule has 0 spiro atoms. The van der Waals surface area contributed by atoms with Gasteiger partial charge in [-0.3, -0.25) is 9.59 Å². The van der Waals surface area contributed by atoms with Gasteiger partial charge in [-0.15, -0.1) is 0 Å². The first-order valence-corrected chi connectivity index (χ1v) is 5.68. The van der Waals surface area contributed by atoms with E-state index in [2.05, 4.69) is 26.2 Å². The van der Waals surface area contributed by atoms with Crippen molar-refractivity contribution in [2.45, 2.75) is 13.3 Å². The number of rotatable bonds is 4. The molecule has 16 heavy (non-hydrogen) atoms. The Morgan fingerprint density at radius 1 is 1.62 bits per heavy atom. The van der Waals surface area contributed by atoms with Gasteiger partial charge in [0.05, 0.1) is 0 Å². The van der Waals surface area contributed by atoms with Gasteiger partial charge in [-0.25, -0.2) is 0 Å². The zero-order valence-electron chi connectivity index (χ0n) is 8.92. The number of aromatic amines is 1. The lowest BCUT2D eigenvalue weighted by Crippen LogP contribution is -2.20. The quantitative estimate of drug-likeness (QED) is 0.827. The van der Waals surface area contributed by atoms with Gasteiger partial charge in [0, 0.05) is 29.7 Å². The minimum atomic E-state index is -0.126. The average Bonchev–Trinajstić information content (AvgIpc) is 2.22. The van der Waals surface area contributed by atoms with Crippen molar-refractivity contribution in [2.75, 3.05) is 6.54 Å². The average molecular weight is 285 g/mol. The van der Waals surface area contributed by atoms with Gasteiger partial charge < -0.3 is 10.3 Å². The fraction of sp³-hybridized carbons (Fsp3) is 0.273. The van der Waals surface area contributed by atoms with Crippen LogP contribution in [0.5, 0.6) is 0 Å². The molecule has 4 nitrogen and oxygen atoms in total. The summed E-state index contributed by atoms with van der Waals surface area (Å²) >= 11 is 3.28. The van der Waals surface area contributed by atoms with Crippen LogP contribution in [0.2, 0.25) is 0 Å². The van der Waals surface area contributed by atoms with E-state index in [0.717, 1.165) is 4.47 Å². The Hall–Kier alpha value is -1.36. The minimum Gasteiger partial charge on any atom is -0.356 e. The first-order valence-electron chi connectivity index (χ1n) is 4.89. The van der Waals surface area contributed by atoms with Crippen LogP contribution >= 0.6 is 15.9 Å². The molecule has 0 saturated carbocycles. The van der Waals surface area contributed by atoms with Crippen LogP contribution in [0.3, 0.4) is 0 Å². The lowest BCUT2D eigenvalue weighted by Gasteiger charge is -1.97. The normalized spacial score (nSPS) is 10.6. The Kier molecular flexibility index (Phi) is 4.98. The fourth-order valence-corrected chi connectivity index (χ4v) is 1.50. The molecule has 0 aliphatic heterocycles. The lowest BCUT2D eigenvalue weighted by molar-refractivity contribution is -0.118. The van der Waals surface area contributed by atoms with Crippen molar-refractivity contribution in [2.24, 2.45) is 0 Å². The number of carbonyl (C=O) groups excluding carboxylic acids is 1. The summed E-state index contributed by atoms with van der Waals surface area (Å²) in [5.41, 5.74) is 0.469. The molecule has 0 aliphatic rings. The number of carbonyl (C=O) groups is 1. The Balaban J connectivity index is 2.53. The molecule has 1 heterocycles. The van der Waals surface area contributed by atoms with Crippen molar-refractivity contribution in [3.8, 4) is 0 Å². The molecule has 0 fully saturated rings. The van der Waals surface area contributed by atoms with Crippen LogP contribution in [0.1, 0.15) is 18.9 Å². The summed E-state index contributed by atoms with van der Waals surface area (Å²) in [5.74, 6) is -0.0475. The Bertz CT molecular complexity index is 452. The van der Waals surface area contributed by atoms with Crippen molar-refractivity contribution in [1.29, 1.82) is 0 Å². The van der Waals surface area contributed by atoms with Gasteiger partial charge in [0.25, 0.3) is 5.56 Å². The van der Waals surface area contributed by atoms with E-state index in [-0.39, 0.29) is 11.5 Å². The molecule has 0 radical (unpaired) electrons. The van der Waals surface area contributed by atoms with Crippen molar-refractivity contribution in [1.82, 2.24) is 10.3 Å². The highest BCUT2D eigenvalue weighted by atomic mass is 79.9. The molecule has 1 aromatic rings. The predicted molar refractivity (Wildman–Crippen MR) is 67.1 cm³/mol. The van der Waals surface area contributed by atoms with Gasteiger partial charge in [0.15, 0.2) is 0 Å². The minimum absolute atomic E-state index is 0.0475. The summed E-state index contributed by atoms with van der Waals surface area (Å²) in [6.07, 6.45) is 5.89. The molecule has 1 rings (SSSR count). The second kappa shape index (κ2) is 6.27. The SMILES string of the molecule is CC(=O)NCCC=Cc1cc(Br)c[nH]c1=O. The van der Waals surface area contributed by atoms with Gasteiger partial charge in [-0.05, 0) is 28.4 Å². The molecule has 0 aromatic carbocycles. The smallest absolute Gasteiger partial charge is 0.255 e. The summed E-state index contributed by atoms with van der Waals surface area (Å²) in [4.78, 5) is 24.5. The number of halogens is 1. The molecule has 0 bridgehead atoms. The third-order valence-corrected chi connectivity index (χ3v) is 2.34. The first-order chi connectivity index (χ1) is 7.59. The topological polar surface area (TPSA) is 62.0 Å². The van der Waals surface area contributed by atoms with E-state index in [0.29, 0.717) is 18.5 Å². The van der Waals surface area contributed by atoms with Gasteiger partial charge in [-0.1, -0.05) is 12.2 Å². The maximum Gasteiger partial charge on any atom is 0.255 e. The monoisotopic (exact) mass is 284 g/mol. The van der Waals surface area contributed by atoms with Crippen molar-refractivity contribution >= 4 is 27.9 Å². The van der Waals surface area contributed by atoms with E-state index in [1.54, 1.807) is 18.3 Å². The highest BCUT2D eigenvalue weighted by molar-refractivity contribution is 9.10. The fourth-order valence-electron chi connectivity index (χ4n) is 1.14. The summed E-state index contributed by atoms with van der Waals surface area (Å²) in [6, 6.07) is 1.74. The van der Waals surface area contributed by atoms with Crippen LogP contribution in [0.4, 0.5) is 0 Å². The molecule has 1 aromatic heterocycles. The molecular weight excluding hydrogens is 272 g/mol. The lowest BCUT2D eigenvalue weighted by atomic mass is 10.2. The van der Waals surface area contributed by atoms with Gasteiger partial charge in [-0.2, -0.15) is 0 Å². The molecular formula is C11H13BrN2O2. The Morgan fingerprint density at radius 2 is 2.38 bits per heavy atom. The summed E-state index contributed by atoms with van der Waals surface area (Å²) < 4.78 is 0.827. The Labute approximate surface area is 102 Å². The van der Waals surface area contributed by atoms with Gasteiger partial charge in [0.1, 0.15) is 0 Å². The van der Waals surface area contributed by atoms with E-state index < -0.39 is 0 Å². The number of aromatic nitrogens is 1. The number of amides is 1. The third kappa shape index (κ3) is 4.44. The molecule has 0 saturated heterocycles. The van der Waals surface area contributed by atoms with E-state index in [1.165, 1.54) is 6.92 Å². The summed E-state index contributed by atoms with van der Waals surface area (Å²) in [6.45, 7) is 2.06. The van der Waals surface area contributed by atoms with Crippen molar-refractivity contribution < 1.29 is 4.79 Å². The maximum atomic E-state index is 11.3. The number of H-pyrrole nitrogens is 1. The van der Waals surface area contributed by atoms with E-state index in [1.807, 2.05) is 6.08 Å². The molecule has 86 valence electrons. The molecule has 0 aliphatic carbocycles. The largest absolute Gasteiger partial charge is 0.356 e.